The largest absolute Gasteiger partial charge is 0.481 e. The van der Waals surface area contributed by atoms with E-state index in [1.54, 1.807) is 6.92 Å². The summed E-state index contributed by atoms with van der Waals surface area (Å²) in [6, 6.07) is 10.0. The normalized spacial score (nSPS) is 11.9. The van der Waals surface area contributed by atoms with Crippen molar-refractivity contribution < 1.29 is 9.53 Å². The average molecular weight is 311 g/mol. The Morgan fingerprint density at radius 1 is 1.00 bits per heavy atom. The molecule has 0 aliphatic heterocycles. The summed E-state index contributed by atoms with van der Waals surface area (Å²) in [6.07, 6.45) is -0.560. The molecule has 122 valence electrons. The van der Waals surface area contributed by atoms with Gasteiger partial charge in [0.15, 0.2) is 6.10 Å². The molecule has 0 fully saturated rings. The molecule has 0 unspecified atom stereocenters. The predicted octanol–water partition coefficient (Wildman–Crippen LogP) is 4.63. The van der Waals surface area contributed by atoms with Crippen LogP contribution in [0.4, 0.5) is 5.69 Å². The number of carbonyl (C=O) groups excluding carboxylic acids is 1. The second-order valence-electron chi connectivity index (χ2n) is 6.22. The van der Waals surface area contributed by atoms with Crippen LogP contribution in [0.3, 0.4) is 0 Å². The minimum Gasteiger partial charge on any atom is -0.481 e. The maximum Gasteiger partial charge on any atom is 0.265 e. The lowest BCUT2D eigenvalue weighted by Gasteiger charge is -2.19. The number of rotatable bonds is 4. The van der Waals surface area contributed by atoms with Gasteiger partial charge in [-0.3, -0.25) is 4.79 Å². The van der Waals surface area contributed by atoms with Crippen LogP contribution in [0.25, 0.3) is 0 Å². The zero-order chi connectivity index (χ0) is 17.1. The lowest BCUT2D eigenvalue weighted by atomic mass is 10.0. The third-order valence-electron chi connectivity index (χ3n) is 4.15. The van der Waals surface area contributed by atoms with Crippen LogP contribution < -0.4 is 10.1 Å². The van der Waals surface area contributed by atoms with Crippen LogP contribution in [0.15, 0.2) is 30.3 Å². The first kappa shape index (κ1) is 17.1. The Kier molecular flexibility index (Phi) is 5.09. The van der Waals surface area contributed by atoms with E-state index in [9.17, 15) is 4.79 Å². The first-order chi connectivity index (χ1) is 10.8. The van der Waals surface area contributed by atoms with Crippen LogP contribution in [-0.4, -0.2) is 12.0 Å². The molecule has 0 saturated carbocycles. The van der Waals surface area contributed by atoms with Gasteiger partial charge in [-0.1, -0.05) is 29.8 Å². The second-order valence-corrected chi connectivity index (χ2v) is 6.22. The lowest BCUT2D eigenvalue weighted by Crippen LogP contribution is -2.31. The van der Waals surface area contributed by atoms with Gasteiger partial charge < -0.3 is 10.1 Å². The van der Waals surface area contributed by atoms with Crippen molar-refractivity contribution in [3.63, 3.8) is 0 Å². The Morgan fingerprint density at radius 2 is 1.61 bits per heavy atom. The van der Waals surface area contributed by atoms with Crippen molar-refractivity contribution in [2.75, 3.05) is 5.32 Å². The Labute approximate surface area is 138 Å². The molecular weight excluding hydrogens is 286 g/mol. The maximum absolute atomic E-state index is 12.5. The van der Waals surface area contributed by atoms with E-state index in [2.05, 4.69) is 24.4 Å². The highest BCUT2D eigenvalue weighted by molar-refractivity contribution is 5.95. The Morgan fingerprint density at radius 3 is 2.22 bits per heavy atom. The van der Waals surface area contributed by atoms with E-state index in [0.29, 0.717) is 0 Å². The number of ether oxygens (including phenoxy) is 1. The van der Waals surface area contributed by atoms with Gasteiger partial charge in [0.05, 0.1) is 0 Å². The van der Waals surface area contributed by atoms with E-state index in [0.717, 1.165) is 33.7 Å². The number of aryl methyl sites for hydroxylation is 4. The number of carbonyl (C=O) groups is 1. The smallest absolute Gasteiger partial charge is 0.265 e. The number of anilines is 1. The Hall–Kier alpha value is -2.29. The van der Waals surface area contributed by atoms with Crippen molar-refractivity contribution in [3.05, 3.63) is 58.1 Å². The Bertz CT molecular complexity index is 711. The first-order valence-corrected chi connectivity index (χ1v) is 7.91. The summed E-state index contributed by atoms with van der Waals surface area (Å²) in [7, 11) is 0. The first-order valence-electron chi connectivity index (χ1n) is 7.91. The molecule has 1 atom stereocenters. The van der Waals surface area contributed by atoms with E-state index in [1.807, 2.05) is 45.9 Å². The summed E-state index contributed by atoms with van der Waals surface area (Å²) in [6.45, 7) is 11.9. The van der Waals surface area contributed by atoms with Crippen molar-refractivity contribution in [3.8, 4) is 5.75 Å². The summed E-state index contributed by atoms with van der Waals surface area (Å²) < 4.78 is 5.85. The van der Waals surface area contributed by atoms with Crippen LogP contribution in [0.1, 0.15) is 34.7 Å². The number of benzene rings is 2. The van der Waals surface area contributed by atoms with Crippen LogP contribution in [0.5, 0.6) is 5.75 Å². The van der Waals surface area contributed by atoms with Crippen LogP contribution in [0.2, 0.25) is 0 Å². The van der Waals surface area contributed by atoms with Gasteiger partial charge in [-0.05, 0) is 69.9 Å². The SMILES string of the molecule is Cc1cc(C)c(NC(=O)[C@H](C)Oc2cccc(C)c2C)c(C)c1. The van der Waals surface area contributed by atoms with Crippen LogP contribution >= 0.6 is 0 Å². The summed E-state index contributed by atoms with van der Waals surface area (Å²) in [5.41, 5.74) is 6.41. The molecule has 2 aromatic rings. The van der Waals surface area contributed by atoms with Crippen LogP contribution in [-0.2, 0) is 4.79 Å². The molecule has 0 aliphatic rings. The van der Waals surface area contributed by atoms with Crippen molar-refractivity contribution in [2.24, 2.45) is 0 Å². The van der Waals surface area contributed by atoms with Crippen molar-refractivity contribution in [2.45, 2.75) is 47.6 Å². The highest BCUT2D eigenvalue weighted by Gasteiger charge is 2.18. The standard InChI is InChI=1S/C20H25NO2/c1-12-10-14(3)19(15(4)11-12)21-20(22)17(6)23-18-9-7-8-13(2)16(18)5/h7-11,17H,1-6H3,(H,21,22)/t17-/m0/s1. The fourth-order valence-electron chi connectivity index (χ4n) is 2.70. The van der Waals surface area contributed by atoms with Gasteiger partial charge in [0, 0.05) is 5.69 Å². The number of amides is 1. The molecular formula is C20H25NO2. The molecule has 0 aliphatic carbocycles. The number of hydrogen-bond donors (Lipinski definition) is 1. The quantitative estimate of drug-likeness (QED) is 0.893. The van der Waals surface area contributed by atoms with Gasteiger partial charge in [-0.25, -0.2) is 0 Å². The monoisotopic (exact) mass is 311 g/mol. The topological polar surface area (TPSA) is 38.3 Å². The number of nitrogens with one attached hydrogen (secondary N) is 1. The van der Waals surface area contributed by atoms with Crippen molar-refractivity contribution in [1.82, 2.24) is 0 Å². The van der Waals surface area contributed by atoms with E-state index in [-0.39, 0.29) is 5.91 Å². The molecule has 0 heterocycles. The second kappa shape index (κ2) is 6.86. The molecule has 23 heavy (non-hydrogen) atoms. The lowest BCUT2D eigenvalue weighted by molar-refractivity contribution is -0.122. The molecule has 2 rings (SSSR count). The molecule has 1 amide bonds. The van der Waals surface area contributed by atoms with Gasteiger partial charge in [0.25, 0.3) is 5.91 Å². The fraction of sp³-hybridized carbons (Fsp3) is 0.350. The molecule has 0 bridgehead atoms. The predicted molar refractivity (Wildman–Crippen MR) is 95.3 cm³/mol. The third kappa shape index (κ3) is 3.92. The fourth-order valence-corrected chi connectivity index (χ4v) is 2.70. The summed E-state index contributed by atoms with van der Waals surface area (Å²) in [5, 5.41) is 3.00. The molecule has 0 aromatic heterocycles. The molecule has 3 heteroatoms. The highest BCUT2D eigenvalue weighted by Crippen LogP contribution is 2.24. The Balaban J connectivity index is 2.13. The third-order valence-corrected chi connectivity index (χ3v) is 4.15. The van der Waals surface area contributed by atoms with Gasteiger partial charge in [-0.15, -0.1) is 0 Å². The van der Waals surface area contributed by atoms with E-state index < -0.39 is 6.10 Å². The molecule has 1 N–H and O–H groups in total. The zero-order valence-electron chi connectivity index (χ0n) is 14.8. The van der Waals surface area contributed by atoms with Crippen molar-refractivity contribution >= 4 is 11.6 Å². The van der Waals surface area contributed by atoms with Crippen molar-refractivity contribution in [1.29, 1.82) is 0 Å². The highest BCUT2D eigenvalue weighted by atomic mass is 16.5. The number of hydrogen-bond acceptors (Lipinski definition) is 2. The zero-order valence-corrected chi connectivity index (χ0v) is 14.8. The van der Waals surface area contributed by atoms with Gasteiger partial charge in [-0.2, -0.15) is 0 Å². The minimum absolute atomic E-state index is 0.138. The van der Waals surface area contributed by atoms with E-state index in [4.69, 9.17) is 4.74 Å². The van der Waals surface area contributed by atoms with Crippen LogP contribution in [0, 0.1) is 34.6 Å². The molecule has 3 nitrogen and oxygen atoms in total. The van der Waals surface area contributed by atoms with Gasteiger partial charge in [0.1, 0.15) is 5.75 Å². The average Bonchev–Trinajstić information content (AvgIpc) is 2.47. The summed E-state index contributed by atoms with van der Waals surface area (Å²) in [4.78, 5) is 12.5. The maximum atomic E-state index is 12.5. The minimum atomic E-state index is -0.560. The van der Waals surface area contributed by atoms with Gasteiger partial charge in [0.2, 0.25) is 0 Å². The molecule has 0 saturated heterocycles. The van der Waals surface area contributed by atoms with Gasteiger partial charge >= 0.3 is 0 Å². The van der Waals surface area contributed by atoms with E-state index in [1.165, 1.54) is 5.56 Å². The van der Waals surface area contributed by atoms with E-state index >= 15 is 0 Å². The molecule has 0 radical (unpaired) electrons. The summed E-state index contributed by atoms with van der Waals surface area (Å²) >= 11 is 0. The molecule has 2 aromatic carbocycles. The molecule has 0 spiro atoms. The summed E-state index contributed by atoms with van der Waals surface area (Å²) in [5.74, 6) is 0.617.